The fraction of sp³-hybridized carbons (Fsp3) is 0.304. The molecule has 0 bridgehead atoms. The summed E-state index contributed by atoms with van der Waals surface area (Å²) in [5.74, 6) is 0.820. The Kier molecular flexibility index (Phi) is 7.28. The molecule has 0 spiro atoms. The highest BCUT2D eigenvalue weighted by Crippen LogP contribution is 2.43. The number of carbonyl (C=O) groups is 1. The van der Waals surface area contributed by atoms with Crippen molar-refractivity contribution in [2.45, 2.75) is 24.5 Å². The van der Waals surface area contributed by atoms with E-state index in [1.165, 1.54) is 0 Å². The van der Waals surface area contributed by atoms with Crippen LogP contribution in [0.1, 0.15) is 30.1 Å². The van der Waals surface area contributed by atoms with Crippen molar-refractivity contribution < 1.29 is 29.3 Å². The lowest BCUT2D eigenvalue weighted by molar-refractivity contribution is -0.137. The largest absolute Gasteiger partial charge is 0.497 e. The molecule has 31 heavy (non-hydrogen) atoms. The van der Waals surface area contributed by atoms with Crippen molar-refractivity contribution in [2.24, 2.45) is 4.99 Å². The first-order valence-electron chi connectivity index (χ1n) is 9.88. The summed E-state index contributed by atoms with van der Waals surface area (Å²) in [4.78, 5) is 17.4. The van der Waals surface area contributed by atoms with Gasteiger partial charge in [-0.3, -0.25) is 10.0 Å². The van der Waals surface area contributed by atoms with Crippen molar-refractivity contribution >= 4 is 11.8 Å². The van der Waals surface area contributed by atoms with Crippen LogP contribution in [0.15, 0.2) is 66.2 Å². The number of ether oxygens (including phenoxy) is 3. The Morgan fingerprint density at radius 1 is 1.29 bits per heavy atom. The predicted octanol–water partition coefficient (Wildman–Crippen LogP) is 2.79. The zero-order valence-electron chi connectivity index (χ0n) is 17.3. The third-order valence-electron chi connectivity index (χ3n) is 4.98. The van der Waals surface area contributed by atoms with Crippen LogP contribution in [0.2, 0.25) is 0 Å². The van der Waals surface area contributed by atoms with Gasteiger partial charge in [-0.1, -0.05) is 18.2 Å². The highest BCUT2D eigenvalue weighted by Gasteiger charge is 2.52. The van der Waals surface area contributed by atoms with Gasteiger partial charge in [0.05, 0.1) is 13.7 Å². The van der Waals surface area contributed by atoms with Gasteiger partial charge < -0.3 is 19.3 Å². The molecule has 1 heterocycles. The third kappa shape index (κ3) is 4.70. The third-order valence-corrected chi connectivity index (χ3v) is 4.98. The fourth-order valence-corrected chi connectivity index (χ4v) is 3.44. The summed E-state index contributed by atoms with van der Waals surface area (Å²) < 4.78 is 17.0. The number of nitrogens with zero attached hydrogens (tertiary/aromatic N) is 1. The standard InChI is InChI=1S/C23H26N2O6/c1-3-12-23(22(27)25-28)20(17-6-4-7-19(15-17)29-2)31-21(24-23)16-8-10-18(11-9-16)30-14-5-13-26/h3-4,6-11,15,20,26,28H,1,5,12-14H2,2H3,(H,25,27)/t20-,23-/m0/s1. The zero-order valence-corrected chi connectivity index (χ0v) is 17.3. The minimum absolute atomic E-state index is 0.0622. The van der Waals surface area contributed by atoms with E-state index in [-0.39, 0.29) is 18.9 Å². The number of hydroxylamine groups is 1. The molecule has 0 saturated carbocycles. The second kappa shape index (κ2) is 10.1. The Balaban J connectivity index is 1.97. The number of amides is 1. The second-order valence-corrected chi connectivity index (χ2v) is 7.00. The number of nitrogens with one attached hydrogen (secondary N) is 1. The number of hydrogen-bond donors (Lipinski definition) is 3. The maximum Gasteiger partial charge on any atom is 0.275 e. The van der Waals surface area contributed by atoms with Gasteiger partial charge in [0, 0.05) is 25.0 Å². The van der Waals surface area contributed by atoms with Crippen LogP contribution in [-0.2, 0) is 9.53 Å². The summed E-state index contributed by atoms with van der Waals surface area (Å²) in [6.07, 6.45) is 1.45. The average Bonchev–Trinajstić information content (AvgIpc) is 3.20. The number of aliphatic hydroxyl groups excluding tert-OH is 1. The van der Waals surface area contributed by atoms with Crippen LogP contribution in [0.4, 0.5) is 0 Å². The number of rotatable bonds is 10. The molecule has 1 aliphatic heterocycles. The first-order chi connectivity index (χ1) is 15.1. The maximum atomic E-state index is 12.8. The molecule has 1 amide bonds. The van der Waals surface area contributed by atoms with Crippen LogP contribution in [0.5, 0.6) is 11.5 Å². The smallest absolute Gasteiger partial charge is 0.275 e. The summed E-state index contributed by atoms with van der Waals surface area (Å²) in [6, 6.07) is 14.2. The van der Waals surface area contributed by atoms with Crippen molar-refractivity contribution in [3.8, 4) is 11.5 Å². The van der Waals surface area contributed by atoms with Crippen molar-refractivity contribution in [1.29, 1.82) is 0 Å². The van der Waals surface area contributed by atoms with E-state index in [4.69, 9.17) is 19.3 Å². The number of carbonyl (C=O) groups excluding carboxylic acids is 1. The first-order valence-corrected chi connectivity index (χ1v) is 9.88. The van der Waals surface area contributed by atoms with Gasteiger partial charge in [0.1, 0.15) is 11.5 Å². The maximum absolute atomic E-state index is 12.8. The Hall–Kier alpha value is -3.36. The number of aliphatic imine (C=N–C) groups is 1. The Bertz CT molecular complexity index is 943. The van der Waals surface area contributed by atoms with Crippen LogP contribution >= 0.6 is 0 Å². The van der Waals surface area contributed by atoms with Gasteiger partial charge in [-0.05, 0) is 42.0 Å². The highest BCUT2D eigenvalue weighted by molar-refractivity contribution is 6.00. The van der Waals surface area contributed by atoms with Gasteiger partial charge in [-0.25, -0.2) is 10.5 Å². The van der Waals surface area contributed by atoms with E-state index in [2.05, 4.69) is 11.6 Å². The van der Waals surface area contributed by atoms with Crippen LogP contribution < -0.4 is 15.0 Å². The molecule has 8 heteroatoms. The molecule has 0 unspecified atom stereocenters. The molecule has 2 aromatic rings. The quantitative estimate of drug-likeness (QED) is 0.233. The molecule has 1 aliphatic rings. The van der Waals surface area contributed by atoms with Crippen LogP contribution in [0.25, 0.3) is 0 Å². The summed E-state index contributed by atoms with van der Waals surface area (Å²) in [6.45, 7) is 4.22. The average molecular weight is 426 g/mol. The minimum Gasteiger partial charge on any atom is -0.497 e. The molecule has 0 radical (unpaired) electrons. The second-order valence-electron chi connectivity index (χ2n) is 7.00. The molecule has 3 rings (SSSR count). The number of benzene rings is 2. The molecule has 0 aromatic heterocycles. The van der Waals surface area contributed by atoms with E-state index in [1.54, 1.807) is 61.1 Å². The molecule has 164 valence electrons. The molecule has 0 aliphatic carbocycles. The summed E-state index contributed by atoms with van der Waals surface area (Å²) in [5, 5.41) is 18.3. The number of aliphatic hydroxyl groups is 1. The summed E-state index contributed by atoms with van der Waals surface area (Å²) >= 11 is 0. The highest BCUT2D eigenvalue weighted by atomic mass is 16.5. The normalized spacial score (nSPS) is 19.8. The lowest BCUT2D eigenvalue weighted by Gasteiger charge is -2.28. The molecular formula is C23H26N2O6. The Labute approximate surface area is 180 Å². The molecule has 2 atom stereocenters. The van der Waals surface area contributed by atoms with E-state index < -0.39 is 17.6 Å². The first kappa shape index (κ1) is 22.3. The molecular weight excluding hydrogens is 400 g/mol. The van der Waals surface area contributed by atoms with Crippen molar-refractivity contribution in [2.75, 3.05) is 20.3 Å². The minimum atomic E-state index is -1.44. The Morgan fingerprint density at radius 2 is 2.06 bits per heavy atom. The summed E-state index contributed by atoms with van der Waals surface area (Å²) in [5.41, 5.74) is 1.61. The topological polar surface area (TPSA) is 110 Å². The molecule has 0 saturated heterocycles. The Morgan fingerprint density at radius 3 is 2.71 bits per heavy atom. The van der Waals surface area contributed by atoms with Crippen molar-refractivity contribution in [3.63, 3.8) is 0 Å². The summed E-state index contributed by atoms with van der Waals surface area (Å²) in [7, 11) is 1.55. The van der Waals surface area contributed by atoms with Crippen LogP contribution in [0.3, 0.4) is 0 Å². The van der Waals surface area contributed by atoms with Gasteiger partial charge in [0.15, 0.2) is 11.6 Å². The predicted molar refractivity (Wildman–Crippen MR) is 114 cm³/mol. The molecule has 0 fully saturated rings. The van der Waals surface area contributed by atoms with Gasteiger partial charge in [0.2, 0.25) is 5.90 Å². The monoisotopic (exact) mass is 426 g/mol. The SMILES string of the molecule is C=CC[C@]1(C(=O)NO)N=C(c2ccc(OCCCO)cc2)O[C@H]1c1cccc(OC)c1. The molecule has 3 N–H and O–H groups in total. The fourth-order valence-electron chi connectivity index (χ4n) is 3.44. The van der Waals surface area contributed by atoms with E-state index >= 15 is 0 Å². The van der Waals surface area contributed by atoms with Crippen molar-refractivity contribution in [1.82, 2.24) is 5.48 Å². The van der Waals surface area contributed by atoms with Crippen molar-refractivity contribution in [3.05, 3.63) is 72.3 Å². The van der Waals surface area contributed by atoms with E-state index in [0.717, 1.165) is 0 Å². The van der Waals surface area contributed by atoms with E-state index in [9.17, 15) is 10.0 Å². The van der Waals surface area contributed by atoms with Gasteiger partial charge in [-0.2, -0.15) is 0 Å². The van der Waals surface area contributed by atoms with E-state index in [1.807, 2.05) is 6.07 Å². The van der Waals surface area contributed by atoms with Gasteiger partial charge in [-0.15, -0.1) is 6.58 Å². The molecule has 8 nitrogen and oxygen atoms in total. The van der Waals surface area contributed by atoms with Gasteiger partial charge in [0.25, 0.3) is 5.91 Å². The zero-order chi connectivity index (χ0) is 22.3. The van der Waals surface area contributed by atoms with Gasteiger partial charge >= 0.3 is 0 Å². The number of methoxy groups -OCH3 is 1. The molecule has 2 aromatic carbocycles. The van der Waals surface area contributed by atoms with Crippen LogP contribution in [-0.4, -0.2) is 48.0 Å². The van der Waals surface area contributed by atoms with Crippen LogP contribution in [0, 0.1) is 0 Å². The lowest BCUT2D eigenvalue weighted by Crippen LogP contribution is -2.47. The lowest BCUT2D eigenvalue weighted by atomic mass is 9.84. The van der Waals surface area contributed by atoms with E-state index in [0.29, 0.717) is 35.7 Å². The number of hydrogen-bond acceptors (Lipinski definition) is 7.